The fourth-order valence-corrected chi connectivity index (χ4v) is 2.35. The van der Waals surface area contributed by atoms with Crippen LogP contribution in [0.2, 0.25) is 0 Å². The average Bonchev–Trinajstić information content (AvgIpc) is 2.38. The number of methoxy groups -OCH3 is 1. The Kier molecular flexibility index (Phi) is 9.36. The molecule has 1 fully saturated rings. The lowest BCUT2D eigenvalue weighted by molar-refractivity contribution is -0.146. The molecular weight excluding hydrogens is 200 g/mol. The lowest BCUT2D eigenvalue weighted by Crippen LogP contribution is -2.22. The average molecular weight is 228 g/mol. The van der Waals surface area contributed by atoms with Gasteiger partial charge in [0.2, 0.25) is 0 Å². The van der Waals surface area contributed by atoms with Crippen LogP contribution >= 0.6 is 0 Å². The molecule has 0 bridgehead atoms. The smallest absolute Gasteiger partial charge is 0.308 e. The monoisotopic (exact) mass is 228 g/mol. The Labute approximate surface area is 101 Å². The van der Waals surface area contributed by atoms with E-state index in [1.54, 1.807) is 0 Å². The Balaban J connectivity index is 0.00000106. The third kappa shape index (κ3) is 5.53. The van der Waals surface area contributed by atoms with E-state index in [0.717, 1.165) is 18.8 Å². The molecule has 0 aromatic heterocycles. The summed E-state index contributed by atoms with van der Waals surface area (Å²) in [7, 11) is 1.49. The minimum Gasteiger partial charge on any atom is -0.469 e. The van der Waals surface area contributed by atoms with E-state index in [9.17, 15) is 4.79 Å². The first-order chi connectivity index (χ1) is 7.77. The van der Waals surface area contributed by atoms with Gasteiger partial charge in [0, 0.05) is 0 Å². The number of hydrogen-bond acceptors (Lipinski definition) is 2. The molecule has 2 nitrogen and oxygen atoms in total. The summed E-state index contributed by atoms with van der Waals surface area (Å²) in [4.78, 5) is 11.3. The Morgan fingerprint density at radius 3 is 2.19 bits per heavy atom. The van der Waals surface area contributed by atoms with Crippen molar-refractivity contribution in [3.05, 3.63) is 0 Å². The summed E-state index contributed by atoms with van der Waals surface area (Å²) in [5, 5.41) is 0. The lowest BCUT2D eigenvalue weighted by Gasteiger charge is -2.26. The first-order valence-electron chi connectivity index (χ1n) is 6.85. The maximum absolute atomic E-state index is 11.3. The van der Waals surface area contributed by atoms with Gasteiger partial charge in [0.1, 0.15) is 0 Å². The molecule has 0 spiro atoms. The van der Waals surface area contributed by atoms with Crippen molar-refractivity contribution in [2.75, 3.05) is 7.11 Å². The van der Waals surface area contributed by atoms with E-state index in [1.165, 1.54) is 39.2 Å². The van der Waals surface area contributed by atoms with Crippen molar-refractivity contribution < 1.29 is 9.53 Å². The van der Waals surface area contributed by atoms with Crippen LogP contribution in [0.3, 0.4) is 0 Å². The minimum absolute atomic E-state index is 0.000980. The van der Waals surface area contributed by atoms with Crippen LogP contribution in [0.1, 0.15) is 65.7 Å². The molecule has 0 unspecified atom stereocenters. The Morgan fingerprint density at radius 2 is 1.75 bits per heavy atom. The predicted octanol–water partition coefficient (Wildman–Crippen LogP) is 4.18. The van der Waals surface area contributed by atoms with Gasteiger partial charge >= 0.3 is 5.97 Å². The van der Waals surface area contributed by atoms with Crippen molar-refractivity contribution in [1.29, 1.82) is 0 Å². The Hall–Kier alpha value is -0.530. The zero-order chi connectivity index (χ0) is 12.4. The molecule has 16 heavy (non-hydrogen) atoms. The van der Waals surface area contributed by atoms with Crippen LogP contribution in [0.5, 0.6) is 0 Å². The second kappa shape index (κ2) is 9.68. The van der Waals surface area contributed by atoms with Gasteiger partial charge in [-0.3, -0.25) is 4.79 Å². The standard InChI is InChI=1S/C12H22O2.C2H6/c1-3-4-5-10-6-8-11(9-7-10)12(13)14-2;1-2/h10-11H,3-9H2,1-2H3;1-2H3. The number of carbonyl (C=O) groups is 1. The maximum Gasteiger partial charge on any atom is 0.308 e. The number of rotatable bonds is 4. The highest BCUT2D eigenvalue weighted by Gasteiger charge is 2.26. The largest absolute Gasteiger partial charge is 0.469 e. The van der Waals surface area contributed by atoms with Gasteiger partial charge < -0.3 is 4.74 Å². The van der Waals surface area contributed by atoms with Crippen LogP contribution in [-0.4, -0.2) is 13.1 Å². The Bertz CT molecular complexity index is 170. The topological polar surface area (TPSA) is 26.3 Å². The van der Waals surface area contributed by atoms with Gasteiger partial charge in [-0.2, -0.15) is 0 Å². The molecule has 0 amide bonds. The molecule has 1 rings (SSSR count). The zero-order valence-electron chi connectivity index (χ0n) is 11.4. The summed E-state index contributed by atoms with van der Waals surface area (Å²) in [5.41, 5.74) is 0. The van der Waals surface area contributed by atoms with Crippen molar-refractivity contribution in [2.45, 2.75) is 65.7 Å². The van der Waals surface area contributed by atoms with E-state index >= 15 is 0 Å². The third-order valence-corrected chi connectivity index (χ3v) is 3.35. The summed E-state index contributed by atoms with van der Waals surface area (Å²) >= 11 is 0. The molecular formula is C14H28O2. The van der Waals surface area contributed by atoms with E-state index in [4.69, 9.17) is 4.74 Å². The zero-order valence-corrected chi connectivity index (χ0v) is 11.4. The van der Waals surface area contributed by atoms with E-state index in [0.29, 0.717) is 0 Å². The molecule has 2 heteroatoms. The maximum atomic E-state index is 11.3. The van der Waals surface area contributed by atoms with Gasteiger partial charge in [0.05, 0.1) is 13.0 Å². The molecule has 0 aliphatic heterocycles. The first kappa shape index (κ1) is 15.5. The summed E-state index contributed by atoms with van der Waals surface area (Å²) in [6, 6.07) is 0. The second-order valence-corrected chi connectivity index (χ2v) is 4.38. The molecule has 0 atom stereocenters. The summed E-state index contributed by atoms with van der Waals surface area (Å²) < 4.78 is 4.77. The number of unbranched alkanes of at least 4 members (excludes halogenated alkanes) is 1. The van der Waals surface area contributed by atoms with Crippen LogP contribution in [0, 0.1) is 11.8 Å². The van der Waals surface area contributed by atoms with Gasteiger partial charge in [0.25, 0.3) is 0 Å². The summed E-state index contributed by atoms with van der Waals surface area (Å²) in [6.45, 7) is 6.24. The van der Waals surface area contributed by atoms with Crippen LogP contribution in [-0.2, 0) is 9.53 Å². The van der Waals surface area contributed by atoms with Crippen LogP contribution in [0.25, 0.3) is 0 Å². The van der Waals surface area contributed by atoms with Crippen molar-refractivity contribution >= 4 is 5.97 Å². The van der Waals surface area contributed by atoms with Gasteiger partial charge in [0.15, 0.2) is 0 Å². The molecule has 1 aliphatic rings. The third-order valence-electron chi connectivity index (χ3n) is 3.35. The highest BCUT2D eigenvalue weighted by atomic mass is 16.5. The van der Waals surface area contributed by atoms with Gasteiger partial charge in [-0.05, 0) is 31.6 Å². The number of hydrogen-bond donors (Lipinski definition) is 0. The van der Waals surface area contributed by atoms with E-state index < -0.39 is 0 Å². The molecule has 1 aliphatic carbocycles. The molecule has 0 aromatic rings. The molecule has 0 saturated heterocycles. The number of carbonyl (C=O) groups excluding carboxylic acids is 1. The molecule has 0 aromatic carbocycles. The Morgan fingerprint density at radius 1 is 1.19 bits per heavy atom. The molecule has 96 valence electrons. The SMILES string of the molecule is CC.CCCCC1CCC(C(=O)OC)CC1. The fraction of sp³-hybridized carbons (Fsp3) is 0.929. The van der Waals surface area contributed by atoms with Crippen molar-refractivity contribution in [3.63, 3.8) is 0 Å². The molecule has 0 N–H and O–H groups in total. The van der Waals surface area contributed by atoms with Crippen molar-refractivity contribution in [2.24, 2.45) is 11.8 Å². The predicted molar refractivity (Wildman–Crippen MR) is 68.3 cm³/mol. The molecule has 0 radical (unpaired) electrons. The quantitative estimate of drug-likeness (QED) is 0.675. The van der Waals surface area contributed by atoms with E-state index in [-0.39, 0.29) is 11.9 Å². The van der Waals surface area contributed by atoms with Crippen LogP contribution < -0.4 is 0 Å². The second-order valence-electron chi connectivity index (χ2n) is 4.38. The van der Waals surface area contributed by atoms with Gasteiger partial charge in [-0.15, -0.1) is 0 Å². The minimum atomic E-state index is -0.000980. The highest BCUT2D eigenvalue weighted by Crippen LogP contribution is 2.32. The van der Waals surface area contributed by atoms with E-state index in [2.05, 4.69) is 6.92 Å². The summed E-state index contributed by atoms with van der Waals surface area (Å²) in [6.07, 6.45) is 8.51. The van der Waals surface area contributed by atoms with E-state index in [1.807, 2.05) is 13.8 Å². The molecule has 1 saturated carbocycles. The van der Waals surface area contributed by atoms with Crippen molar-refractivity contribution in [1.82, 2.24) is 0 Å². The normalized spacial score (nSPS) is 24.2. The van der Waals surface area contributed by atoms with Crippen LogP contribution in [0.4, 0.5) is 0 Å². The van der Waals surface area contributed by atoms with Crippen LogP contribution in [0.15, 0.2) is 0 Å². The number of ether oxygens (including phenoxy) is 1. The van der Waals surface area contributed by atoms with Gasteiger partial charge in [-0.25, -0.2) is 0 Å². The number of esters is 1. The first-order valence-corrected chi connectivity index (χ1v) is 6.85. The molecule has 0 heterocycles. The van der Waals surface area contributed by atoms with Crippen molar-refractivity contribution in [3.8, 4) is 0 Å². The lowest BCUT2D eigenvalue weighted by atomic mass is 9.80. The van der Waals surface area contributed by atoms with Gasteiger partial charge in [-0.1, -0.05) is 40.0 Å². The summed E-state index contributed by atoms with van der Waals surface area (Å²) in [5.74, 6) is 1.06. The fourth-order valence-electron chi connectivity index (χ4n) is 2.35. The highest BCUT2D eigenvalue weighted by molar-refractivity contribution is 5.72.